The van der Waals surface area contributed by atoms with E-state index in [9.17, 15) is 4.79 Å². The molecule has 1 aromatic rings. The first-order valence-electron chi connectivity index (χ1n) is 8.72. The Bertz CT molecular complexity index is 652. The number of carbonyl (C=O) groups is 1. The number of allylic oxidation sites excluding steroid dienone is 2. The Labute approximate surface area is 142 Å². The van der Waals surface area contributed by atoms with E-state index in [0.29, 0.717) is 11.5 Å². The zero-order chi connectivity index (χ0) is 16.8. The molecule has 0 bridgehead atoms. The van der Waals surface area contributed by atoms with E-state index in [4.69, 9.17) is 9.47 Å². The van der Waals surface area contributed by atoms with Crippen molar-refractivity contribution < 1.29 is 14.3 Å². The summed E-state index contributed by atoms with van der Waals surface area (Å²) in [5.74, 6) is 0.999. The van der Waals surface area contributed by atoms with E-state index in [2.05, 4.69) is 23.5 Å². The van der Waals surface area contributed by atoms with Crippen molar-refractivity contribution in [3.63, 3.8) is 0 Å². The molecular formula is C19H24N2O3. The quantitative estimate of drug-likeness (QED) is 0.641. The van der Waals surface area contributed by atoms with Crippen molar-refractivity contribution >= 4 is 11.6 Å². The molecular weight excluding hydrogens is 304 g/mol. The van der Waals surface area contributed by atoms with Crippen LogP contribution in [0.3, 0.4) is 0 Å². The maximum Gasteiger partial charge on any atom is 0.284 e. The van der Waals surface area contributed by atoms with Gasteiger partial charge in [-0.2, -0.15) is 5.10 Å². The second-order valence-electron chi connectivity index (χ2n) is 6.12. The van der Waals surface area contributed by atoms with Crippen LogP contribution in [0, 0.1) is 0 Å². The molecule has 5 heteroatoms. The molecule has 2 aliphatic rings. The normalized spacial score (nSPS) is 20.8. The molecule has 128 valence electrons. The lowest BCUT2D eigenvalue weighted by Crippen LogP contribution is -2.42. The fourth-order valence-electron chi connectivity index (χ4n) is 2.94. The van der Waals surface area contributed by atoms with Crippen LogP contribution in [0.25, 0.3) is 0 Å². The summed E-state index contributed by atoms with van der Waals surface area (Å²) in [6.07, 6.45) is 8.11. The van der Waals surface area contributed by atoms with Gasteiger partial charge >= 0.3 is 0 Å². The van der Waals surface area contributed by atoms with Crippen LogP contribution >= 0.6 is 0 Å². The first-order chi connectivity index (χ1) is 11.8. The third-order valence-corrected chi connectivity index (χ3v) is 4.29. The summed E-state index contributed by atoms with van der Waals surface area (Å²) in [7, 11) is 0. The molecule has 1 aliphatic carbocycles. The number of carbonyl (C=O) groups excluding carboxylic acids is 1. The second kappa shape index (κ2) is 7.99. The highest BCUT2D eigenvalue weighted by molar-refractivity contribution is 6.02. The number of nitrogens with one attached hydrogen (secondary N) is 1. The van der Waals surface area contributed by atoms with Crippen molar-refractivity contribution in [3.8, 4) is 11.5 Å². The first kappa shape index (κ1) is 16.6. The van der Waals surface area contributed by atoms with Crippen LogP contribution in [-0.4, -0.2) is 24.3 Å². The van der Waals surface area contributed by atoms with Crippen molar-refractivity contribution in [2.45, 2.75) is 51.6 Å². The van der Waals surface area contributed by atoms with Crippen molar-refractivity contribution in [2.75, 3.05) is 6.61 Å². The van der Waals surface area contributed by atoms with Crippen molar-refractivity contribution in [2.24, 2.45) is 5.10 Å². The van der Waals surface area contributed by atoms with Crippen LogP contribution in [0.15, 0.2) is 41.0 Å². The molecule has 0 saturated heterocycles. The van der Waals surface area contributed by atoms with Gasteiger partial charge < -0.3 is 9.47 Å². The molecule has 24 heavy (non-hydrogen) atoms. The number of hydrogen-bond donors (Lipinski definition) is 1. The molecule has 0 spiro atoms. The number of hydrazone groups is 1. The predicted octanol–water partition coefficient (Wildman–Crippen LogP) is 3.60. The largest absolute Gasteiger partial charge is 0.485 e. The summed E-state index contributed by atoms with van der Waals surface area (Å²) in [4.78, 5) is 12.3. The van der Waals surface area contributed by atoms with Crippen LogP contribution in [-0.2, 0) is 4.79 Å². The number of amides is 1. The van der Waals surface area contributed by atoms with E-state index in [1.165, 1.54) is 24.8 Å². The van der Waals surface area contributed by atoms with Crippen molar-refractivity contribution in [1.82, 2.24) is 5.43 Å². The van der Waals surface area contributed by atoms with Gasteiger partial charge in [0.15, 0.2) is 11.5 Å². The highest BCUT2D eigenvalue weighted by Gasteiger charge is 2.27. The minimum Gasteiger partial charge on any atom is -0.485 e. The Hall–Kier alpha value is -2.30. The number of benzene rings is 1. The topological polar surface area (TPSA) is 59.9 Å². The molecule has 1 amide bonds. The van der Waals surface area contributed by atoms with Gasteiger partial charge in [-0.25, -0.2) is 5.43 Å². The summed E-state index contributed by atoms with van der Waals surface area (Å²) in [5.41, 5.74) is 4.92. The van der Waals surface area contributed by atoms with Gasteiger partial charge in [-0.1, -0.05) is 38.0 Å². The molecule has 0 fully saturated rings. The number of fused-ring (bicyclic) bond motifs is 1. The summed E-state index contributed by atoms with van der Waals surface area (Å²) < 4.78 is 11.3. The van der Waals surface area contributed by atoms with E-state index < -0.39 is 6.10 Å². The lowest BCUT2D eigenvalue weighted by molar-refractivity contribution is -0.130. The summed E-state index contributed by atoms with van der Waals surface area (Å²) in [6, 6.07) is 7.36. The summed E-state index contributed by atoms with van der Waals surface area (Å²) in [6.45, 7) is 2.40. The number of nitrogens with zero attached hydrogens (tertiary/aromatic N) is 1. The molecule has 3 rings (SSSR count). The third-order valence-electron chi connectivity index (χ3n) is 4.29. The van der Waals surface area contributed by atoms with Gasteiger partial charge in [0.2, 0.25) is 6.10 Å². The molecule has 5 nitrogen and oxygen atoms in total. The second-order valence-corrected chi connectivity index (χ2v) is 6.12. The van der Waals surface area contributed by atoms with Gasteiger partial charge in [-0.05, 0) is 43.4 Å². The van der Waals surface area contributed by atoms with E-state index >= 15 is 0 Å². The lowest BCUT2D eigenvalue weighted by Gasteiger charge is -2.24. The lowest BCUT2D eigenvalue weighted by atomic mass is 10.1. The molecule has 0 saturated carbocycles. The van der Waals surface area contributed by atoms with Crippen molar-refractivity contribution in [1.29, 1.82) is 0 Å². The molecule has 1 N–H and O–H groups in total. The standard InChI is InChI=1S/C19H24N2O3/c1-2-3-4-8-14-9-7-10-15(14)20-21-19(22)18-13-23-16-11-5-6-12-17(16)24-18/h5-6,9,11-12,18H,2-4,7-8,10,13H2,1H3,(H,21,22). The predicted molar refractivity (Wildman–Crippen MR) is 93.4 cm³/mol. The number of ether oxygens (including phenoxy) is 2. The van der Waals surface area contributed by atoms with E-state index in [0.717, 1.165) is 25.0 Å². The van der Waals surface area contributed by atoms with Crippen LogP contribution in [0.2, 0.25) is 0 Å². The maximum absolute atomic E-state index is 12.3. The van der Waals surface area contributed by atoms with E-state index in [1.54, 1.807) is 6.07 Å². The average Bonchev–Trinajstić information content (AvgIpc) is 3.07. The van der Waals surface area contributed by atoms with E-state index in [-0.39, 0.29) is 12.5 Å². The Morgan fingerprint density at radius 2 is 2.12 bits per heavy atom. The van der Waals surface area contributed by atoms with Crippen LogP contribution in [0.4, 0.5) is 0 Å². The Morgan fingerprint density at radius 1 is 1.29 bits per heavy atom. The highest BCUT2D eigenvalue weighted by Crippen LogP contribution is 2.30. The van der Waals surface area contributed by atoms with E-state index in [1.807, 2.05) is 18.2 Å². The number of unbranched alkanes of at least 4 members (excludes halogenated alkanes) is 2. The molecule has 0 aromatic heterocycles. The molecule has 1 heterocycles. The third kappa shape index (κ3) is 3.96. The summed E-state index contributed by atoms with van der Waals surface area (Å²) >= 11 is 0. The summed E-state index contributed by atoms with van der Waals surface area (Å²) in [5, 5.41) is 4.33. The molecule has 1 unspecified atom stereocenters. The Balaban J connectivity index is 1.55. The smallest absolute Gasteiger partial charge is 0.284 e. The SMILES string of the molecule is CCCCCC1=CCCC1=NNC(=O)C1COc2ccccc2O1. The number of hydrogen-bond acceptors (Lipinski definition) is 4. The minimum atomic E-state index is -0.668. The highest BCUT2D eigenvalue weighted by atomic mass is 16.6. The molecule has 1 atom stereocenters. The first-order valence-corrected chi connectivity index (χ1v) is 8.72. The molecule has 1 aromatic carbocycles. The van der Waals surface area contributed by atoms with Crippen molar-refractivity contribution in [3.05, 3.63) is 35.9 Å². The van der Waals surface area contributed by atoms with Gasteiger partial charge in [0.05, 0.1) is 5.71 Å². The van der Waals surface area contributed by atoms with Gasteiger partial charge in [0, 0.05) is 0 Å². The maximum atomic E-state index is 12.3. The monoisotopic (exact) mass is 328 g/mol. The van der Waals surface area contributed by atoms with Crippen LogP contribution in [0.1, 0.15) is 45.4 Å². The number of rotatable bonds is 6. The minimum absolute atomic E-state index is 0.201. The zero-order valence-electron chi connectivity index (χ0n) is 14.1. The van der Waals surface area contributed by atoms with Crippen LogP contribution < -0.4 is 14.9 Å². The molecule has 0 radical (unpaired) electrons. The van der Waals surface area contributed by atoms with Gasteiger partial charge in [-0.3, -0.25) is 4.79 Å². The van der Waals surface area contributed by atoms with Gasteiger partial charge in [0.1, 0.15) is 6.61 Å². The average molecular weight is 328 g/mol. The van der Waals surface area contributed by atoms with Gasteiger partial charge in [0.25, 0.3) is 5.91 Å². The van der Waals surface area contributed by atoms with Crippen LogP contribution in [0.5, 0.6) is 11.5 Å². The Morgan fingerprint density at radius 3 is 2.96 bits per heavy atom. The van der Waals surface area contributed by atoms with Gasteiger partial charge in [-0.15, -0.1) is 0 Å². The Kier molecular flexibility index (Phi) is 5.51. The zero-order valence-corrected chi connectivity index (χ0v) is 14.1. The number of para-hydroxylation sites is 2. The fourth-order valence-corrected chi connectivity index (χ4v) is 2.94. The molecule has 1 aliphatic heterocycles. The fraction of sp³-hybridized carbons (Fsp3) is 0.474.